The van der Waals surface area contributed by atoms with Crippen molar-refractivity contribution in [3.8, 4) is 11.5 Å². The van der Waals surface area contributed by atoms with E-state index in [9.17, 15) is 14.9 Å². The minimum absolute atomic E-state index is 0.0346. The lowest BCUT2D eigenvalue weighted by molar-refractivity contribution is -0.384. The number of carbonyl (C=O) groups is 1. The van der Waals surface area contributed by atoms with Gasteiger partial charge in [-0.3, -0.25) is 10.1 Å². The number of thioether (sulfide) groups is 1. The Bertz CT molecular complexity index is 955. The molecule has 0 aliphatic rings. The number of hydrogen-bond donors (Lipinski definition) is 0. The number of benzene rings is 2. The van der Waals surface area contributed by atoms with E-state index < -0.39 is 10.9 Å². The number of ether oxygens (including phenoxy) is 1. The molecule has 1 aromatic heterocycles. The highest BCUT2D eigenvalue weighted by Gasteiger charge is 2.12. The molecule has 0 radical (unpaired) electrons. The number of esters is 1. The first-order chi connectivity index (χ1) is 13.1. The zero-order valence-electron chi connectivity index (χ0n) is 13.8. The van der Waals surface area contributed by atoms with E-state index in [-0.39, 0.29) is 24.1 Å². The number of hydrogen-bond acceptors (Lipinski definition) is 8. The van der Waals surface area contributed by atoms with Crippen LogP contribution >= 0.6 is 11.8 Å². The van der Waals surface area contributed by atoms with Crippen LogP contribution in [0.3, 0.4) is 0 Å². The fourth-order valence-corrected chi connectivity index (χ4v) is 2.65. The first-order valence-electron chi connectivity index (χ1n) is 7.74. The fraction of sp³-hybridized carbons (Fsp3) is 0.0556. The first kappa shape index (κ1) is 18.3. The maximum atomic E-state index is 11.7. The van der Waals surface area contributed by atoms with Gasteiger partial charge in [0.05, 0.1) is 4.92 Å². The van der Waals surface area contributed by atoms with Gasteiger partial charge in [0.1, 0.15) is 0 Å². The van der Waals surface area contributed by atoms with Gasteiger partial charge in [-0.1, -0.05) is 30.0 Å². The third-order valence-electron chi connectivity index (χ3n) is 3.28. The van der Waals surface area contributed by atoms with Crippen molar-refractivity contribution >= 4 is 23.4 Å². The minimum Gasteiger partial charge on any atom is -0.452 e. The summed E-state index contributed by atoms with van der Waals surface area (Å²) in [5.74, 6) is -0.222. The molecule has 0 fully saturated rings. The molecule has 0 saturated heterocycles. The number of nitrogens with zero attached hydrogens (tertiary/aromatic N) is 3. The summed E-state index contributed by atoms with van der Waals surface area (Å²) < 4.78 is 10.4. The van der Waals surface area contributed by atoms with Crippen molar-refractivity contribution in [2.24, 2.45) is 0 Å². The number of nitro groups is 1. The molecule has 2 aromatic carbocycles. The van der Waals surface area contributed by atoms with E-state index in [1.807, 2.05) is 30.3 Å². The lowest BCUT2D eigenvalue weighted by Gasteiger charge is -1.98. The van der Waals surface area contributed by atoms with Gasteiger partial charge in [0.15, 0.2) is 6.61 Å². The quantitative estimate of drug-likeness (QED) is 0.198. The van der Waals surface area contributed by atoms with Crippen LogP contribution in [0.1, 0.15) is 5.89 Å². The maximum absolute atomic E-state index is 11.7. The van der Waals surface area contributed by atoms with Gasteiger partial charge in [-0.05, 0) is 29.7 Å². The molecule has 3 rings (SSSR count). The van der Waals surface area contributed by atoms with Crippen LogP contribution < -0.4 is 0 Å². The molecule has 0 N–H and O–H groups in total. The van der Waals surface area contributed by atoms with Gasteiger partial charge in [0, 0.05) is 28.7 Å². The topological polar surface area (TPSA) is 108 Å². The highest BCUT2D eigenvalue weighted by atomic mass is 32.2. The third kappa shape index (κ3) is 5.25. The molecule has 3 aromatic rings. The molecule has 27 heavy (non-hydrogen) atoms. The molecule has 8 nitrogen and oxygen atoms in total. The molecule has 136 valence electrons. The Balaban J connectivity index is 1.51. The normalized spacial score (nSPS) is 10.8. The lowest BCUT2D eigenvalue weighted by atomic mass is 10.2. The number of nitro benzene ring substituents is 1. The van der Waals surface area contributed by atoms with Gasteiger partial charge in [-0.2, -0.15) is 0 Å². The van der Waals surface area contributed by atoms with Crippen molar-refractivity contribution in [3.63, 3.8) is 0 Å². The summed E-state index contributed by atoms with van der Waals surface area (Å²) >= 11 is 1.39. The molecule has 0 aliphatic heterocycles. The van der Waals surface area contributed by atoms with Gasteiger partial charge < -0.3 is 9.15 Å². The molecule has 0 saturated carbocycles. The van der Waals surface area contributed by atoms with Gasteiger partial charge in [0.2, 0.25) is 5.89 Å². The molecular formula is C18H13N3O5S. The van der Waals surface area contributed by atoms with Crippen LogP contribution in [0.2, 0.25) is 0 Å². The second-order valence-electron chi connectivity index (χ2n) is 5.15. The van der Waals surface area contributed by atoms with E-state index in [1.54, 1.807) is 5.41 Å². The van der Waals surface area contributed by atoms with Crippen LogP contribution in [0.15, 0.2) is 75.4 Å². The fourth-order valence-electron chi connectivity index (χ4n) is 2.00. The number of rotatable bonds is 7. The largest absolute Gasteiger partial charge is 0.452 e. The van der Waals surface area contributed by atoms with Gasteiger partial charge in [0.25, 0.3) is 11.6 Å². The molecule has 1 heterocycles. The second-order valence-corrected chi connectivity index (χ2v) is 6.13. The first-order valence-corrected chi connectivity index (χ1v) is 8.62. The summed E-state index contributed by atoms with van der Waals surface area (Å²) in [5, 5.41) is 19.9. The highest BCUT2D eigenvalue weighted by molar-refractivity contribution is 8.02. The molecule has 0 amide bonds. The second kappa shape index (κ2) is 8.77. The zero-order chi connectivity index (χ0) is 19.1. The number of carbonyl (C=O) groups excluding carboxylic acids is 1. The predicted molar refractivity (Wildman–Crippen MR) is 97.6 cm³/mol. The maximum Gasteiger partial charge on any atom is 0.331 e. The van der Waals surface area contributed by atoms with E-state index in [0.29, 0.717) is 5.56 Å². The Morgan fingerprint density at radius 2 is 1.89 bits per heavy atom. The Labute approximate surface area is 158 Å². The SMILES string of the molecule is O=C(/C=C/Sc1ccccc1)OCc1nnc(-c2ccc([N+](=O)[O-])cc2)o1. The lowest BCUT2D eigenvalue weighted by Crippen LogP contribution is -2.00. The third-order valence-corrected chi connectivity index (χ3v) is 4.10. The molecule has 0 aliphatic carbocycles. The molecule has 0 atom stereocenters. The average molecular weight is 383 g/mol. The van der Waals surface area contributed by atoms with E-state index in [4.69, 9.17) is 9.15 Å². The van der Waals surface area contributed by atoms with Crippen molar-refractivity contribution in [2.45, 2.75) is 11.5 Å². The Morgan fingerprint density at radius 3 is 2.59 bits per heavy atom. The average Bonchev–Trinajstić information content (AvgIpc) is 3.16. The van der Waals surface area contributed by atoms with Crippen LogP contribution in [-0.2, 0) is 16.1 Å². The summed E-state index contributed by atoms with van der Waals surface area (Å²) in [7, 11) is 0. The van der Waals surface area contributed by atoms with E-state index in [1.165, 1.54) is 42.1 Å². The van der Waals surface area contributed by atoms with Gasteiger partial charge in [-0.25, -0.2) is 4.79 Å². The summed E-state index contributed by atoms with van der Waals surface area (Å²) in [5.41, 5.74) is 0.498. The standard InChI is InChI=1S/C18H13N3O5S/c22-17(10-11-27-15-4-2-1-3-5-15)25-12-16-19-20-18(26-16)13-6-8-14(9-7-13)21(23)24/h1-11H,12H2/b11-10+. The predicted octanol–water partition coefficient (Wildman–Crippen LogP) is 3.99. The highest BCUT2D eigenvalue weighted by Crippen LogP contribution is 2.21. The minimum atomic E-state index is -0.534. The summed E-state index contributed by atoms with van der Waals surface area (Å²) in [6.07, 6.45) is 1.31. The number of aromatic nitrogens is 2. The van der Waals surface area contributed by atoms with Crippen LogP contribution in [0, 0.1) is 10.1 Å². The van der Waals surface area contributed by atoms with Crippen LogP contribution in [0.4, 0.5) is 5.69 Å². The Morgan fingerprint density at radius 1 is 1.15 bits per heavy atom. The molecule has 9 heteroatoms. The van der Waals surface area contributed by atoms with Crippen molar-refractivity contribution in [1.29, 1.82) is 0 Å². The zero-order valence-corrected chi connectivity index (χ0v) is 14.7. The van der Waals surface area contributed by atoms with Crippen molar-refractivity contribution < 1.29 is 18.9 Å². The van der Waals surface area contributed by atoms with Crippen molar-refractivity contribution in [1.82, 2.24) is 10.2 Å². The van der Waals surface area contributed by atoms with E-state index in [0.717, 1.165) is 4.90 Å². The summed E-state index contributed by atoms with van der Waals surface area (Å²) in [4.78, 5) is 22.9. The smallest absolute Gasteiger partial charge is 0.331 e. The summed E-state index contributed by atoms with van der Waals surface area (Å²) in [6, 6.07) is 15.3. The van der Waals surface area contributed by atoms with Crippen LogP contribution in [0.25, 0.3) is 11.5 Å². The number of non-ortho nitro benzene ring substituents is 1. The van der Waals surface area contributed by atoms with Crippen LogP contribution in [-0.4, -0.2) is 21.1 Å². The van der Waals surface area contributed by atoms with Gasteiger partial charge >= 0.3 is 5.97 Å². The van der Waals surface area contributed by atoms with E-state index in [2.05, 4.69) is 10.2 Å². The molecule has 0 unspecified atom stereocenters. The molecule has 0 spiro atoms. The van der Waals surface area contributed by atoms with Gasteiger partial charge in [-0.15, -0.1) is 10.2 Å². The Kier molecular flexibility index (Phi) is 5.95. The molecule has 0 bridgehead atoms. The van der Waals surface area contributed by atoms with Crippen molar-refractivity contribution in [2.75, 3.05) is 0 Å². The van der Waals surface area contributed by atoms with Crippen LogP contribution in [0.5, 0.6) is 0 Å². The monoisotopic (exact) mass is 383 g/mol. The van der Waals surface area contributed by atoms with Crippen molar-refractivity contribution in [3.05, 3.63) is 82.1 Å². The summed E-state index contributed by atoms with van der Waals surface area (Å²) in [6.45, 7) is -0.168. The Hall–Kier alpha value is -3.46. The van der Waals surface area contributed by atoms with E-state index >= 15 is 0 Å². The molecular weight excluding hydrogens is 370 g/mol.